The molecule has 2 aromatic carbocycles. The molecular weight excluding hydrogens is 344 g/mol. The number of rotatable bonds is 8. The lowest BCUT2D eigenvalue weighted by molar-refractivity contribution is 0.243. The van der Waals surface area contributed by atoms with Crippen LogP contribution in [0.1, 0.15) is 37.6 Å². The standard InChI is InChI=1S/C21H24N2O4/c1-5-14(2)15-6-8-16(9-7-15)26-13-20-22-21(23-27-20)18-11-10-17(24-3)12-19(18)25-4/h6-12,14H,5,13H2,1-4H3/t14-/m0/s1. The quantitative estimate of drug-likeness (QED) is 0.566. The minimum Gasteiger partial charge on any atom is -0.497 e. The summed E-state index contributed by atoms with van der Waals surface area (Å²) in [6, 6.07) is 13.5. The zero-order valence-corrected chi connectivity index (χ0v) is 16.1. The first-order chi connectivity index (χ1) is 13.1. The maximum atomic E-state index is 5.76. The van der Waals surface area contributed by atoms with Gasteiger partial charge in [0.25, 0.3) is 5.89 Å². The predicted molar refractivity (Wildman–Crippen MR) is 102 cm³/mol. The highest BCUT2D eigenvalue weighted by atomic mass is 16.5. The normalized spacial score (nSPS) is 11.9. The van der Waals surface area contributed by atoms with Crippen LogP contribution in [0.5, 0.6) is 17.2 Å². The van der Waals surface area contributed by atoms with Gasteiger partial charge in [-0.25, -0.2) is 0 Å². The molecule has 0 saturated carbocycles. The molecule has 1 aromatic heterocycles. The molecule has 6 heteroatoms. The Morgan fingerprint density at radius 3 is 2.41 bits per heavy atom. The van der Waals surface area contributed by atoms with Crippen molar-refractivity contribution < 1.29 is 18.7 Å². The second-order valence-electron chi connectivity index (χ2n) is 6.24. The van der Waals surface area contributed by atoms with Crippen molar-refractivity contribution in [2.24, 2.45) is 0 Å². The van der Waals surface area contributed by atoms with Gasteiger partial charge in [-0.15, -0.1) is 0 Å². The van der Waals surface area contributed by atoms with E-state index in [1.807, 2.05) is 24.3 Å². The Bertz CT molecular complexity index is 874. The van der Waals surface area contributed by atoms with Crippen molar-refractivity contribution >= 4 is 0 Å². The van der Waals surface area contributed by atoms with Crippen LogP contribution in [0.15, 0.2) is 47.0 Å². The van der Waals surface area contributed by atoms with E-state index in [9.17, 15) is 0 Å². The first kappa shape index (κ1) is 18.8. The average Bonchev–Trinajstić information content (AvgIpc) is 3.20. The lowest BCUT2D eigenvalue weighted by Gasteiger charge is -2.09. The highest BCUT2D eigenvalue weighted by molar-refractivity contribution is 5.65. The average molecular weight is 368 g/mol. The summed E-state index contributed by atoms with van der Waals surface area (Å²) in [6.45, 7) is 4.59. The molecule has 0 amide bonds. The topological polar surface area (TPSA) is 66.6 Å². The number of hydrogen-bond donors (Lipinski definition) is 0. The number of methoxy groups -OCH3 is 2. The van der Waals surface area contributed by atoms with Crippen LogP contribution in [0, 0.1) is 0 Å². The molecule has 0 aliphatic rings. The SMILES string of the molecule is CC[C@H](C)c1ccc(OCc2nc(-c3ccc(OC)cc3OC)no2)cc1. The molecular formula is C21H24N2O4. The van der Waals surface area contributed by atoms with Gasteiger partial charge in [-0.2, -0.15) is 4.98 Å². The molecule has 0 spiro atoms. The minimum absolute atomic E-state index is 0.203. The first-order valence-electron chi connectivity index (χ1n) is 8.92. The maximum absolute atomic E-state index is 5.76. The molecule has 0 aliphatic carbocycles. The van der Waals surface area contributed by atoms with Crippen LogP contribution in [0.3, 0.4) is 0 Å². The van der Waals surface area contributed by atoms with Crippen LogP contribution in [0.4, 0.5) is 0 Å². The molecule has 3 rings (SSSR count). The molecule has 6 nitrogen and oxygen atoms in total. The van der Waals surface area contributed by atoms with Gasteiger partial charge in [-0.1, -0.05) is 31.1 Å². The fraction of sp³-hybridized carbons (Fsp3) is 0.333. The van der Waals surface area contributed by atoms with E-state index in [-0.39, 0.29) is 6.61 Å². The number of ether oxygens (including phenoxy) is 3. The zero-order chi connectivity index (χ0) is 19.2. The van der Waals surface area contributed by atoms with Crippen LogP contribution >= 0.6 is 0 Å². The van der Waals surface area contributed by atoms with Crippen molar-refractivity contribution in [1.29, 1.82) is 0 Å². The van der Waals surface area contributed by atoms with Crippen molar-refractivity contribution in [3.63, 3.8) is 0 Å². The Balaban J connectivity index is 1.68. The molecule has 1 atom stereocenters. The van der Waals surface area contributed by atoms with Gasteiger partial charge in [0.15, 0.2) is 6.61 Å². The molecule has 27 heavy (non-hydrogen) atoms. The van der Waals surface area contributed by atoms with Gasteiger partial charge in [0.2, 0.25) is 5.82 Å². The summed E-state index contributed by atoms with van der Waals surface area (Å²) in [5.74, 6) is 3.46. The summed E-state index contributed by atoms with van der Waals surface area (Å²) in [4.78, 5) is 4.40. The van der Waals surface area contributed by atoms with Crippen LogP contribution in [-0.2, 0) is 6.61 Å². The van der Waals surface area contributed by atoms with E-state index >= 15 is 0 Å². The lowest BCUT2D eigenvalue weighted by atomic mass is 9.99. The van der Waals surface area contributed by atoms with Crippen LogP contribution < -0.4 is 14.2 Å². The molecule has 0 fully saturated rings. The number of hydrogen-bond acceptors (Lipinski definition) is 6. The second kappa shape index (κ2) is 8.58. The van der Waals surface area contributed by atoms with E-state index in [4.69, 9.17) is 18.7 Å². The Labute approximate surface area is 159 Å². The molecule has 0 saturated heterocycles. The van der Waals surface area contributed by atoms with E-state index in [0.29, 0.717) is 29.1 Å². The van der Waals surface area contributed by atoms with Gasteiger partial charge >= 0.3 is 0 Å². The summed E-state index contributed by atoms with van der Waals surface area (Å²) < 4.78 is 21.7. The molecule has 142 valence electrons. The largest absolute Gasteiger partial charge is 0.497 e. The van der Waals surface area contributed by atoms with Crippen LogP contribution in [-0.4, -0.2) is 24.4 Å². The number of nitrogens with zero attached hydrogens (tertiary/aromatic N) is 2. The van der Waals surface area contributed by atoms with Crippen molar-refractivity contribution in [1.82, 2.24) is 10.1 Å². The summed E-state index contributed by atoms with van der Waals surface area (Å²) in [6.07, 6.45) is 1.11. The van der Waals surface area contributed by atoms with E-state index in [1.165, 1.54) is 5.56 Å². The van der Waals surface area contributed by atoms with Gasteiger partial charge < -0.3 is 18.7 Å². The Morgan fingerprint density at radius 2 is 1.74 bits per heavy atom. The van der Waals surface area contributed by atoms with E-state index < -0.39 is 0 Å². The van der Waals surface area contributed by atoms with Gasteiger partial charge in [0.05, 0.1) is 19.8 Å². The molecule has 1 heterocycles. The van der Waals surface area contributed by atoms with Crippen LogP contribution in [0.2, 0.25) is 0 Å². The summed E-state index contributed by atoms with van der Waals surface area (Å²) in [5.41, 5.74) is 2.03. The summed E-state index contributed by atoms with van der Waals surface area (Å²) in [7, 11) is 3.19. The predicted octanol–water partition coefficient (Wildman–Crippen LogP) is 4.85. The van der Waals surface area contributed by atoms with E-state index in [0.717, 1.165) is 17.7 Å². The van der Waals surface area contributed by atoms with Gasteiger partial charge in [-0.05, 0) is 42.2 Å². The third kappa shape index (κ3) is 4.39. The monoisotopic (exact) mass is 368 g/mol. The van der Waals surface area contributed by atoms with Gasteiger partial charge in [0.1, 0.15) is 17.2 Å². The van der Waals surface area contributed by atoms with E-state index in [1.54, 1.807) is 20.3 Å². The molecule has 0 aliphatic heterocycles. The highest BCUT2D eigenvalue weighted by Gasteiger charge is 2.15. The fourth-order valence-corrected chi connectivity index (χ4v) is 2.68. The van der Waals surface area contributed by atoms with Crippen LogP contribution in [0.25, 0.3) is 11.4 Å². The molecule has 0 N–H and O–H groups in total. The van der Waals surface area contributed by atoms with E-state index in [2.05, 4.69) is 36.1 Å². The lowest BCUT2D eigenvalue weighted by Crippen LogP contribution is -1.97. The Morgan fingerprint density at radius 1 is 1.00 bits per heavy atom. The second-order valence-corrected chi connectivity index (χ2v) is 6.24. The Hall–Kier alpha value is -3.02. The fourth-order valence-electron chi connectivity index (χ4n) is 2.68. The zero-order valence-electron chi connectivity index (χ0n) is 16.1. The highest BCUT2D eigenvalue weighted by Crippen LogP contribution is 2.31. The third-order valence-electron chi connectivity index (χ3n) is 4.54. The van der Waals surface area contributed by atoms with Crippen molar-refractivity contribution in [2.75, 3.05) is 14.2 Å². The number of benzene rings is 2. The Kier molecular flexibility index (Phi) is 5.96. The first-order valence-corrected chi connectivity index (χ1v) is 8.92. The van der Waals surface area contributed by atoms with Crippen molar-refractivity contribution in [3.8, 4) is 28.6 Å². The van der Waals surface area contributed by atoms with Crippen molar-refractivity contribution in [2.45, 2.75) is 32.8 Å². The van der Waals surface area contributed by atoms with Crippen molar-refractivity contribution in [3.05, 3.63) is 53.9 Å². The maximum Gasteiger partial charge on any atom is 0.264 e. The smallest absolute Gasteiger partial charge is 0.264 e. The number of aromatic nitrogens is 2. The molecule has 3 aromatic rings. The molecule has 0 unspecified atom stereocenters. The van der Waals surface area contributed by atoms with Gasteiger partial charge in [-0.3, -0.25) is 0 Å². The third-order valence-corrected chi connectivity index (χ3v) is 4.54. The summed E-state index contributed by atoms with van der Waals surface area (Å²) >= 11 is 0. The molecule has 0 radical (unpaired) electrons. The molecule has 0 bridgehead atoms. The van der Waals surface area contributed by atoms with Gasteiger partial charge in [0, 0.05) is 6.07 Å². The minimum atomic E-state index is 0.203. The summed E-state index contributed by atoms with van der Waals surface area (Å²) in [5, 5.41) is 4.02.